The van der Waals surface area contributed by atoms with Gasteiger partial charge in [0, 0.05) is 24.5 Å². The normalized spacial score (nSPS) is 13.4. The second-order valence-electron chi connectivity index (χ2n) is 11.7. The summed E-state index contributed by atoms with van der Waals surface area (Å²) in [6, 6.07) is 8.61. The summed E-state index contributed by atoms with van der Waals surface area (Å²) in [6.07, 6.45) is -21.2. The number of benzene rings is 4. The molecule has 1 unspecified atom stereocenters. The van der Waals surface area contributed by atoms with Crippen molar-refractivity contribution in [3.05, 3.63) is 135 Å². The molecule has 0 aliphatic rings. The molecule has 4 rings (SSSR count). The number of nitrogens with one attached hydrogen (secondary N) is 1. The predicted octanol–water partition coefficient (Wildman–Crippen LogP) is 9.79. The Morgan fingerprint density at radius 3 is 1.85 bits per heavy atom. The average Bonchev–Trinajstić information content (AvgIpc) is 3.06. The van der Waals surface area contributed by atoms with Crippen LogP contribution < -0.4 is 10.1 Å². The summed E-state index contributed by atoms with van der Waals surface area (Å²) in [5.41, 5.74) is -8.53. The lowest BCUT2D eigenvalue weighted by Gasteiger charge is -2.37. The molecule has 1 N–H and O–H groups in total. The van der Waals surface area contributed by atoms with Crippen molar-refractivity contribution in [2.24, 2.45) is 0 Å². The van der Waals surface area contributed by atoms with Crippen LogP contribution in [0.4, 0.5) is 57.1 Å². The van der Waals surface area contributed by atoms with Crippen molar-refractivity contribution in [1.29, 1.82) is 0 Å². The Labute approximate surface area is 297 Å². The molecule has 0 heterocycles. The number of rotatable bonds is 13. The van der Waals surface area contributed by atoms with Crippen molar-refractivity contribution >= 4 is 11.9 Å². The van der Waals surface area contributed by atoms with E-state index in [1.165, 1.54) is 24.3 Å². The number of carbonyl (C=O) groups excluding carboxylic acids is 2. The number of aryl methyl sites for hydroxylation is 1. The van der Waals surface area contributed by atoms with E-state index in [0.717, 1.165) is 0 Å². The minimum absolute atomic E-state index is 0.0489. The summed E-state index contributed by atoms with van der Waals surface area (Å²) in [5, 5.41) is 2.20. The fraction of sp³-hybridized carbons (Fsp3) is 0.278. The summed E-state index contributed by atoms with van der Waals surface area (Å²) in [7, 11) is 0. The lowest BCUT2D eigenvalue weighted by atomic mass is 9.76. The number of hydrogen-bond donors (Lipinski definition) is 1. The molecular weight excluding hydrogens is 757 g/mol. The predicted molar refractivity (Wildman–Crippen MR) is 164 cm³/mol. The van der Waals surface area contributed by atoms with Crippen LogP contribution in [-0.2, 0) is 40.3 Å². The van der Waals surface area contributed by atoms with Crippen LogP contribution in [0.2, 0.25) is 0 Å². The molecule has 4 aromatic rings. The maximum absolute atomic E-state index is 15.2. The third kappa shape index (κ3) is 9.82. The van der Waals surface area contributed by atoms with E-state index in [1.807, 2.05) is 0 Å². The van der Waals surface area contributed by atoms with Gasteiger partial charge in [0.1, 0.15) is 23.2 Å². The fourth-order valence-electron chi connectivity index (χ4n) is 5.40. The Morgan fingerprint density at radius 2 is 1.28 bits per heavy atom. The molecule has 4 aromatic carbocycles. The highest BCUT2D eigenvalue weighted by Crippen LogP contribution is 2.41. The van der Waals surface area contributed by atoms with Crippen LogP contribution in [0.15, 0.2) is 78.9 Å². The van der Waals surface area contributed by atoms with Crippen LogP contribution in [0.1, 0.15) is 57.1 Å². The van der Waals surface area contributed by atoms with Gasteiger partial charge in [0.25, 0.3) is 5.91 Å². The Hall–Kier alpha value is -5.29. The first-order valence-electron chi connectivity index (χ1n) is 15.5. The first-order chi connectivity index (χ1) is 25.1. The molecule has 1 amide bonds. The van der Waals surface area contributed by atoms with Crippen LogP contribution in [0, 0.1) is 17.5 Å². The van der Waals surface area contributed by atoms with Gasteiger partial charge in [-0.25, -0.2) is 13.2 Å². The van der Waals surface area contributed by atoms with Gasteiger partial charge < -0.3 is 14.8 Å². The van der Waals surface area contributed by atoms with Crippen LogP contribution in [0.3, 0.4) is 0 Å². The number of ether oxygens (including phenoxy) is 2. The second-order valence-corrected chi connectivity index (χ2v) is 11.7. The van der Waals surface area contributed by atoms with Gasteiger partial charge in [-0.15, -0.1) is 0 Å². The first kappa shape index (κ1) is 41.5. The largest absolute Gasteiger partial charge is 0.466 e. The maximum Gasteiger partial charge on any atom is 0.461 e. The topological polar surface area (TPSA) is 64.6 Å². The van der Waals surface area contributed by atoms with E-state index in [4.69, 9.17) is 4.74 Å². The van der Waals surface area contributed by atoms with Crippen LogP contribution >= 0.6 is 0 Å². The lowest BCUT2D eigenvalue weighted by molar-refractivity contribution is -0.253. The van der Waals surface area contributed by atoms with Gasteiger partial charge in [-0.3, -0.25) is 9.59 Å². The summed E-state index contributed by atoms with van der Waals surface area (Å²) >= 11 is 0. The van der Waals surface area contributed by atoms with Crippen molar-refractivity contribution in [3.8, 4) is 5.75 Å². The van der Waals surface area contributed by atoms with E-state index >= 15 is 4.39 Å². The highest BCUT2D eigenvalue weighted by molar-refractivity contribution is 5.95. The maximum atomic E-state index is 15.2. The van der Waals surface area contributed by atoms with Crippen molar-refractivity contribution in [3.63, 3.8) is 0 Å². The monoisotopic (exact) mass is 783 g/mol. The minimum Gasteiger partial charge on any atom is -0.466 e. The highest BCUT2D eigenvalue weighted by atomic mass is 19.4. The van der Waals surface area contributed by atoms with Gasteiger partial charge in [0.2, 0.25) is 0 Å². The molecule has 0 fully saturated rings. The Kier molecular flexibility index (Phi) is 12.3. The second kappa shape index (κ2) is 16.0. The van der Waals surface area contributed by atoms with Crippen molar-refractivity contribution < 1.29 is 76.1 Å². The molecule has 0 aromatic heterocycles. The lowest BCUT2D eigenvalue weighted by Crippen LogP contribution is -2.49. The molecule has 0 spiro atoms. The van der Waals surface area contributed by atoms with Gasteiger partial charge in [-0.2, -0.15) is 43.9 Å². The van der Waals surface area contributed by atoms with E-state index in [2.05, 4.69) is 10.1 Å². The number of hydrogen-bond acceptors (Lipinski definition) is 4. The van der Waals surface area contributed by atoms with Gasteiger partial charge >= 0.3 is 30.9 Å². The molecule has 5 nitrogen and oxygen atoms in total. The van der Waals surface area contributed by atoms with Crippen LogP contribution in [0.25, 0.3) is 0 Å². The van der Waals surface area contributed by atoms with Gasteiger partial charge in [0.15, 0.2) is 0 Å². The Balaban J connectivity index is 2.00. The van der Waals surface area contributed by atoms with Gasteiger partial charge in [-0.1, -0.05) is 30.3 Å². The molecule has 1 atom stereocenters. The first-order valence-corrected chi connectivity index (χ1v) is 15.5. The SMILES string of the molecule is CCOC(=O)CCc1ccc(CC(NC(=O)c2ccc(F)c(C(F)(F)F)c2)(c2cc(F)cc(OC(F)(F)C(F)F)c2)c2ccc(F)c(C(F)(F)F)c2)cc1. The summed E-state index contributed by atoms with van der Waals surface area (Å²) in [6.45, 7) is 1.69. The summed E-state index contributed by atoms with van der Waals surface area (Å²) in [5.74, 6) is -8.63. The molecular formula is C36H26F13NO4. The molecule has 0 aliphatic heterocycles. The van der Waals surface area contributed by atoms with Crippen molar-refractivity contribution in [1.82, 2.24) is 5.32 Å². The number of carbonyl (C=O) groups is 2. The molecule has 0 bridgehead atoms. The highest BCUT2D eigenvalue weighted by Gasteiger charge is 2.46. The fourth-order valence-corrected chi connectivity index (χ4v) is 5.40. The molecule has 18 heteroatoms. The molecule has 0 radical (unpaired) electrons. The quantitative estimate of drug-likeness (QED) is 0.108. The van der Waals surface area contributed by atoms with Gasteiger partial charge in [-0.05, 0) is 78.1 Å². The molecule has 0 saturated carbocycles. The number of halogens is 13. The van der Waals surface area contributed by atoms with Gasteiger partial charge in [0.05, 0.1) is 23.3 Å². The van der Waals surface area contributed by atoms with E-state index in [-0.39, 0.29) is 49.3 Å². The molecule has 0 saturated heterocycles. The molecule has 54 heavy (non-hydrogen) atoms. The third-order valence-corrected chi connectivity index (χ3v) is 7.91. The third-order valence-electron chi connectivity index (χ3n) is 7.91. The smallest absolute Gasteiger partial charge is 0.461 e. The Bertz CT molecular complexity index is 1980. The Morgan fingerprint density at radius 1 is 0.704 bits per heavy atom. The average molecular weight is 784 g/mol. The van der Waals surface area contributed by atoms with Crippen molar-refractivity contribution in [2.45, 2.75) is 56.6 Å². The van der Waals surface area contributed by atoms with E-state index in [9.17, 15) is 62.3 Å². The number of esters is 1. The molecule has 290 valence electrons. The van der Waals surface area contributed by atoms with E-state index < -0.39 is 99.7 Å². The summed E-state index contributed by atoms with van der Waals surface area (Å²) in [4.78, 5) is 25.6. The zero-order valence-corrected chi connectivity index (χ0v) is 27.5. The zero-order valence-electron chi connectivity index (χ0n) is 27.5. The van der Waals surface area contributed by atoms with Crippen molar-refractivity contribution in [2.75, 3.05) is 6.61 Å². The summed E-state index contributed by atoms with van der Waals surface area (Å²) < 4.78 is 190. The number of amides is 1. The zero-order chi connectivity index (χ0) is 40.2. The van der Waals surface area contributed by atoms with Crippen LogP contribution in [0.5, 0.6) is 5.75 Å². The minimum atomic E-state index is -5.43. The van der Waals surface area contributed by atoms with E-state index in [1.54, 1.807) is 6.92 Å². The number of alkyl halides is 10. The van der Waals surface area contributed by atoms with E-state index in [0.29, 0.717) is 35.9 Å². The van der Waals surface area contributed by atoms with Crippen LogP contribution in [-0.4, -0.2) is 31.0 Å². The standard InChI is InChI=1S/C36H26F13NO4/c1-2-53-30(51)12-7-19-3-5-20(6-4-19)18-33(22-9-11-29(39)27(16-22)35(45,46)47,23-14-24(37)17-25(15-23)54-36(48,49)32(40)41)50-31(52)21-8-10-28(38)26(13-21)34(42,43)44/h3-6,8-11,13-17,32H,2,7,12,18H2,1H3,(H,50,52). The molecule has 0 aliphatic carbocycles.